The minimum absolute atomic E-state index is 0.228. The number of phenolic OH excluding ortho intramolecular Hbond substituents is 2. The molecule has 4 rings (SSSR count). The molecule has 3 N–H and O–H groups in total. The van der Waals surface area contributed by atoms with Gasteiger partial charge in [0.05, 0.1) is 0 Å². The Bertz CT molecular complexity index is 1120. The number of carboxylic acid groups (broad SMARTS) is 1. The lowest BCUT2D eigenvalue weighted by atomic mass is 9.79. The molecule has 29 heavy (non-hydrogen) atoms. The Morgan fingerprint density at radius 3 is 2.14 bits per heavy atom. The van der Waals surface area contributed by atoms with Crippen LogP contribution in [0.5, 0.6) is 11.5 Å². The molecule has 0 saturated carbocycles. The van der Waals surface area contributed by atoms with Crippen LogP contribution in [0, 0.1) is 0 Å². The molecule has 0 atom stereocenters. The summed E-state index contributed by atoms with van der Waals surface area (Å²) in [6.45, 7) is 0. The minimum Gasteiger partial charge on any atom is -0.508 e. The molecule has 1 aliphatic rings. The highest BCUT2D eigenvalue weighted by molar-refractivity contribution is 6.01. The highest BCUT2D eigenvalue weighted by Crippen LogP contribution is 2.41. The Kier molecular flexibility index (Phi) is 4.92. The number of allylic oxidation sites excluding steroid dienone is 1. The van der Waals surface area contributed by atoms with Crippen LogP contribution in [0.3, 0.4) is 0 Å². The van der Waals surface area contributed by atoms with Crippen molar-refractivity contribution in [2.75, 3.05) is 0 Å². The van der Waals surface area contributed by atoms with Crippen LogP contribution < -0.4 is 0 Å². The van der Waals surface area contributed by atoms with Gasteiger partial charge in [-0.1, -0.05) is 42.5 Å². The lowest BCUT2D eigenvalue weighted by Crippen LogP contribution is -2.06. The summed E-state index contributed by atoms with van der Waals surface area (Å²) in [5.41, 5.74) is 7.31. The van der Waals surface area contributed by atoms with E-state index in [4.69, 9.17) is 5.11 Å². The molecule has 0 amide bonds. The Morgan fingerprint density at radius 1 is 0.793 bits per heavy atom. The third-order valence-electron chi connectivity index (χ3n) is 5.14. The zero-order valence-corrected chi connectivity index (χ0v) is 15.7. The molecule has 0 unspecified atom stereocenters. The van der Waals surface area contributed by atoms with Gasteiger partial charge in [0.1, 0.15) is 11.5 Å². The predicted octanol–water partition coefficient (Wildman–Crippen LogP) is 5.10. The van der Waals surface area contributed by atoms with Gasteiger partial charge in [-0.05, 0) is 82.1 Å². The molecule has 4 nitrogen and oxygen atoms in total. The van der Waals surface area contributed by atoms with Crippen molar-refractivity contribution in [3.05, 3.63) is 101 Å². The molecule has 0 aromatic heterocycles. The number of carboxylic acids is 1. The molecule has 0 saturated heterocycles. The lowest BCUT2D eigenvalue weighted by Gasteiger charge is -2.25. The Hall–Kier alpha value is -3.79. The molecule has 3 aromatic carbocycles. The number of phenols is 2. The van der Waals surface area contributed by atoms with Crippen molar-refractivity contribution in [2.45, 2.75) is 12.8 Å². The van der Waals surface area contributed by atoms with E-state index < -0.39 is 5.97 Å². The van der Waals surface area contributed by atoms with Crippen LogP contribution in [0.2, 0.25) is 0 Å². The average molecular weight is 384 g/mol. The van der Waals surface area contributed by atoms with Gasteiger partial charge in [-0.3, -0.25) is 0 Å². The summed E-state index contributed by atoms with van der Waals surface area (Å²) in [5, 5.41) is 28.4. The van der Waals surface area contributed by atoms with Gasteiger partial charge in [-0.25, -0.2) is 4.79 Å². The van der Waals surface area contributed by atoms with Crippen molar-refractivity contribution < 1.29 is 20.1 Å². The average Bonchev–Trinajstić information content (AvgIpc) is 2.72. The van der Waals surface area contributed by atoms with Crippen molar-refractivity contribution in [3.63, 3.8) is 0 Å². The molecule has 0 fully saturated rings. The van der Waals surface area contributed by atoms with Gasteiger partial charge >= 0.3 is 5.97 Å². The fraction of sp³-hybridized carbons (Fsp3) is 0.0800. The summed E-state index contributed by atoms with van der Waals surface area (Å²) in [6, 6.07) is 20.4. The van der Waals surface area contributed by atoms with Crippen LogP contribution in [0.25, 0.3) is 17.2 Å². The second kappa shape index (κ2) is 7.68. The number of hydrogen-bond acceptors (Lipinski definition) is 3. The quantitative estimate of drug-likeness (QED) is 0.547. The van der Waals surface area contributed by atoms with Gasteiger partial charge in [0.25, 0.3) is 0 Å². The molecule has 1 aliphatic carbocycles. The maximum Gasteiger partial charge on any atom is 0.328 e. The number of aryl methyl sites for hydroxylation is 1. The van der Waals surface area contributed by atoms with E-state index in [0.717, 1.165) is 52.3 Å². The third kappa shape index (κ3) is 3.92. The van der Waals surface area contributed by atoms with Gasteiger partial charge in [0.15, 0.2) is 0 Å². The molecule has 0 bridgehead atoms. The zero-order chi connectivity index (χ0) is 20.4. The van der Waals surface area contributed by atoms with E-state index >= 15 is 0 Å². The Labute approximate surface area is 168 Å². The van der Waals surface area contributed by atoms with E-state index in [2.05, 4.69) is 0 Å². The highest BCUT2D eigenvalue weighted by atomic mass is 16.4. The number of rotatable bonds is 4. The Balaban J connectivity index is 1.86. The van der Waals surface area contributed by atoms with E-state index in [1.165, 1.54) is 5.57 Å². The van der Waals surface area contributed by atoms with Crippen LogP contribution >= 0.6 is 0 Å². The molecular weight excluding hydrogens is 364 g/mol. The summed E-state index contributed by atoms with van der Waals surface area (Å²) >= 11 is 0. The lowest BCUT2D eigenvalue weighted by molar-refractivity contribution is -0.131. The van der Waals surface area contributed by atoms with Crippen LogP contribution in [0.15, 0.2) is 72.8 Å². The second-order valence-electron chi connectivity index (χ2n) is 7.04. The van der Waals surface area contributed by atoms with Gasteiger partial charge in [0, 0.05) is 6.08 Å². The van der Waals surface area contributed by atoms with E-state index in [1.807, 2.05) is 48.5 Å². The normalized spacial score (nSPS) is 13.5. The van der Waals surface area contributed by atoms with Crippen LogP contribution in [-0.2, 0) is 11.2 Å². The minimum atomic E-state index is -0.979. The summed E-state index contributed by atoms with van der Waals surface area (Å²) in [6.07, 6.45) is 4.32. The summed E-state index contributed by atoms with van der Waals surface area (Å²) in [4.78, 5) is 10.7. The van der Waals surface area contributed by atoms with Crippen molar-refractivity contribution in [2.24, 2.45) is 0 Å². The van der Waals surface area contributed by atoms with Crippen molar-refractivity contribution in [3.8, 4) is 11.5 Å². The molecular formula is C25H20O4. The Morgan fingerprint density at radius 2 is 1.45 bits per heavy atom. The van der Waals surface area contributed by atoms with E-state index in [-0.39, 0.29) is 11.5 Å². The molecule has 0 heterocycles. The van der Waals surface area contributed by atoms with Gasteiger partial charge in [-0.2, -0.15) is 0 Å². The first-order valence-electron chi connectivity index (χ1n) is 9.37. The fourth-order valence-electron chi connectivity index (χ4n) is 3.79. The molecule has 144 valence electrons. The first-order chi connectivity index (χ1) is 14.0. The first kappa shape index (κ1) is 18.6. The number of aliphatic carboxylic acids is 1. The monoisotopic (exact) mass is 384 g/mol. The van der Waals surface area contributed by atoms with Gasteiger partial charge < -0.3 is 15.3 Å². The standard InChI is InChI=1S/C25H20O4/c26-20-9-6-17(7-10-20)22-12-8-19-15-21(27)11-13-23(19)25(22)18-4-1-16(2-5-18)3-14-24(28)29/h1-7,9-11,13-15,26-27H,8,12H2,(H,28,29). The van der Waals surface area contributed by atoms with Crippen molar-refractivity contribution in [1.29, 1.82) is 0 Å². The van der Waals surface area contributed by atoms with Crippen molar-refractivity contribution in [1.82, 2.24) is 0 Å². The van der Waals surface area contributed by atoms with Crippen LogP contribution in [0.4, 0.5) is 0 Å². The zero-order valence-electron chi connectivity index (χ0n) is 15.7. The summed E-state index contributed by atoms with van der Waals surface area (Å²) in [5.74, 6) is -0.496. The molecule has 4 heteroatoms. The maximum atomic E-state index is 10.7. The third-order valence-corrected chi connectivity index (χ3v) is 5.14. The van der Waals surface area contributed by atoms with E-state index in [9.17, 15) is 15.0 Å². The maximum absolute atomic E-state index is 10.7. The second-order valence-corrected chi connectivity index (χ2v) is 7.04. The topological polar surface area (TPSA) is 77.8 Å². The van der Waals surface area contributed by atoms with Gasteiger partial charge in [0.2, 0.25) is 0 Å². The smallest absolute Gasteiger partial charge is 0.328 e. The number of hydrogen-bond donors (Lipinski definition) is 3. The van der Waals surface area contributed by atoms with Crippen LogP contribution in [0.1, 0.15) is 34.2 Å². The fourth-order valence-corrected chi connectivity index (χ4v) is 3.79. The number of carbonyl (C=O) groups is 1. The van der Waals surface area contributed by atoms with Crippen LogP contribution in [-0.4, -0.2) is 21.3 Å². The van der Waals surface area contributed by atoms with Gasteiger partial charge in [-0.15, -0.1) is 0 Å². The SMILES string of the molecule is O=C(O)C=Cc1ccc(C2=C(c3ccc(O)cc3)CCc3cc(O)ccc32)cc1. The number of fused-ring (bicyclic) bond motifs is 1. The van der Waals surface area contributed by atoms with E-state index in [0.29, 0.717) is 0 Å². The highest BCUT2D eigenvalue weighted by Gasteiger charge is 2.22. The molecule has 0 spiro atoms. The number of aromatic hydroxyl groups is 2. The summed E-state index contributed by atoms with van der Waals surface area (Å²) < 4.78 is 0. The first-order valence-corrected chi connectivity index (χ1v) is 9.37. The molecule has 3 aromatic rings. The molecule has 0 aliphatic heterocycles. The number of benzene rings is 3. The van der Waals surface area contributed by atoms with E-state index in [1.54, 1.807) is 24.3 Å². The molecule has 0 radical (unpaired) electrons. The van der Waals surface area contributed by atoms with Crippen molar-refractivity contribution >= 4 is 23.2 Å². The summed E-state index contributed by atoms with van der Waals surface area (Å²) in [7, 11) is 0. The largest absolute Gasteiger partial charge is 0.508 e. The predicted molar refractivity (Wildman–Crippen MR) is 114 cm³/mol.